The minimum absolute atomic E-state index is 0.0155. The lowest BCUT2D eigenvalue weighted by atomic mass is 10.1. The van der Waals surface area contributed by atoms with Crippen molar-refractivity contribution in [3.8, 4) is 5.75 Å². The molecule has 6 heteroatoms. The first-order chi connectivity index (χ1) is 9.47. The molecule has 0 bridgehead atoms. The minimum atomic E-state index is -0.283. The second kappa shape index (κ2) is 6.76. The molecule has 0 saturated carbocycles. The molecule has 106 valence electrons. The summed E-state index contributed by atoms with van der Waals surface area (Å²) in [5.41, 5.74) is 1.10. The summed E-state index contributed by atoms with van der Waals surface area (Å²) in [7, 11) is 0. The first-order valence-electron chi connectivity index (χ1n) is 5.79. The molecule has 2 nitrogen and oxygen atoms in total. The third-order valence-electron chi connectivity index (χ3n) is 2.75. The van der Waals surface area contributed by atoms with Gasteiger partial charge >= 0.3 is 0 Å². The zero-order valence-corrected chi connectivity index (χ0v) is 13.4. The van der Waals surface area contributed by atoms with Gasteiger partial charge in [-0.3, -0.25) is 0 Å². The van der Waals surface area contributed by atoms with Gasteiger partial charge in [-0.25, -0.2) is 4.39 Å². The molecule has 0 saturated heterocycles. The molecule has 0 aliphatic rings. The van der Waals surface area contributed by atoms with Crippen molar-refractivity contribution in [2.75, 3.05) is 0 Å². The van der Waals surface area contributed by atoms with Crippen LogP contribution in [0.15, 0.2) is 34.8 Å². The lowest BCUT2D eigenvalue weighted by molar-refractivity contribution is 0.464. The van der Waals surface area contributed by atoms with E-state index in [0.717, 1.165) is 4.47 Å². The van der Waals surface area contributed by atoms with Crippen LogP contribution in [-0.2, 0) is 13.1 Å². The fraction of sp³-hybridized carbons (Fsp3) is 0.143. The maximum atomic E-state index is 13.6. The molecule has 20 heavy (non-hydrogen) atoms. The Labute approximate surface area is 134 Å². The number of phenols is 1. The van der Waals surface area contributed by atoms with E-state index in [1.54, 1.807) is 18.2 Å². The van der Waals surface area contributed by atoms with Crippen LogP contribution in [0.1, 0.15) is 11.1 Å². The Hall–Kier alpha value is -0.810. The smallest absolute Gasteiger partial charge is 0.138 e. The lowest BCUT2D eigenvalue weighted by Gasteiger charge is -2.09. The molecule has 0 spiro atoms. The van der Waals surface area contributed by atoms with Crippen LogP contribution in [0.5, 0.6) is 5.75 Å². The molecule has 0 amide bonds. The third kappa shape index (κ3) is 3.85. The highest BCUT2D eigenvalue weighted by atomic mass is 79.9. The molecule has 0 heterocycles. The number of phenolic OH excluding ortho intramolecular Hbond substituents is 1. The van der Waals surface area contributed by atoms with Gasteiger partial charge in [0.25, 0.3) is 0 Å². The van der Waals surface area contributed by atoms with Crippen molar-refractivity contribution in [2.45, 2.75) is 13.1 Å². The standard InChI is InChI=1S/C14H11BrCl2FNO/c15-10-1-2-13(18)8(3-10)6-19-7-9-4-11(16)5-12(17)14(9)20/h1-5,19-20H,6-7H2. The summed E-state index contributed by atoms with van der Waals surface area (Å²) in [5, 5.41) is 13.5. The molecule has 2 aromatic rings. The van der Waals surface area contributed by atoms with Crippen molar-refractivity contribution < 1.29 is 9.50 Å². The summed E-state index contributed by atoms with van der Waals surface area (Å²) in [6, 6.07) is 7.83. The first kappa shape index (κ1) is 15.6. The molecule has 2 aromatic carbocycles. The molecule has 0 atom stereocenters. The van der Waals surface area contributed by atoms with E-state index >= 15 is 0 Å². The Kier molecular flexibility index (Phi) is 5.27. The van der Waals surface area contributed by atoms with Gasteiger partial charge in [0.05, 0.1) is 5.02 Å². The van der Waals surface area contributed by atoms with Crippen LogP contribution >= 0.6 is 39.1 Å². The average Bonchev–Trinajstić information content (AvgIpc) is 2.39. The maximum Gasteiger partial charge on any atom is 0.138 e. The van der Waals surface area contributed by atoms with Gasteiger partial charge in [-0.15, -0.1) is 0 Å². The van der Waals surface area contributed by atoms with Gasteiger partial charge in [0.15, 0.2) is 0 Å². The topological polar surface area (TPSA) is 32.3 Å². The molecule has 0 aromatic heterocycles. The highest BCUT2D eigenvalue weighted by molar-refractivity contribution is 9.10. The quantitative estimate of drug-likeness (QED) is 0.793. The van der Waals surface area contributed by atoms with Gasteiger partial charge in [0.2, 0.25) is 0 Å². The van der Waals surface area contributed by atoms with Gasteiger partial charge < -0.3 is 10.4 Å². The predicted octanol–water partition coefficient (Wildman–Crippen LogP) is 4.89. The number of nitrogens with one attached hydrogen (secondary N) is 1. The monoisotopic (exact) mass is 377 g/mol. The molecule has 2 rings (SSSR count). The van der Waals surface area contributed by atoms with Crippen LogP contribution in [0.4, 0.5) is 4.39 Å². The van der Waals surface area contributed by atoms with Crippen molar-refractivity contribution in [3.63, 3.8) is 0 Å². The summed E-state index contributed by atoms with van der Waals surface area (Å²) in [4.78, 5) is 0. The van der Waals surface area contributed by atoms with E-state index in [2.05, 4.69) is 21.2 Å². The van der Waals surface area contributed by atoms with E-state index in [4.69, 9.17) is 23.2 Å². The van der Waals surface area contributed by atoms with Gasteiger partial charge in [0, 0.05) is 33.7 Å². The first-order valence-corrected chi connectivity index (χ1v) is 7.34. The Morgan fingerprint density at radius 1 is 1.10 bits per heavy atom. The van der Waals surface area contributed by atoms with Crippen LogP contribution in [0.3, 0.4) is 0 Å². The molecule has 0 radical (unpaired) electrons. The van der Waals surface area contributed by atoms with Gasteiger partial charge in [-0.2, -0.15) is 0 Å². The Bertz CT molecular complexity index is 637. The fourth-order valence-electron chi connectivity index (χ4n) is 1.76. The largest absolute Gasteiger partial charge is 0.506 e. The average molecular weight is 379 g/mol. The molecular weight excluding hydrogens is 368 g/mol. The highest BCUT2D eigenvalue weighted by Crippen LogP contribution is 2.31. The van der Waals surface area contributed by atoms with Crippen molar-refractivity contribution in [1.82, 2.24) is 5.32 Å². The molecule has 0 aliphatic carbocycles. The minimum Gasteiger partial charge on any atom is -0.506 e. The fourth-order valence-corrected chi connectivity index (χ4v) is 2.71. The van der Waals surface area contributed by atoms with Gasteiger partial charge in [-0.05, 0) is 30.3 Å². The van der Waals surface area contributed by atoms with E-state index in [1.165, 1.54) is 12.1 Å². The number of hydrogen-bond acceptors (Lipinski definition) is 2. The molecule has 0 unspecified atom stereocenters. The van der Waals surface area contributed by atoms with Crippen molar-refractivity contribution in [2.24, 2.45) is 0 Å². The van der Waals surface area contributed by atoms with Crippen molar-refractivity contribution in [1.29, 1.82) is 0 Å². The van der Waals surface area contributed by atoms with Crippen LogP contribution in [-0.4, -0.2) is 5.11 Å². The number of benzene rings is 2. The summed E-state index contributed by atoms with van der Waals surface area (Å²) in [6.45, 7) is 0.660. The molecular formula is C14H11BrCl2FNO. The normalized spacial score (nSPS) is 10.8. The molecule has 0 fully saturated rings. The van der Waals surface area contributed by atoms with E-state index in [9.17, 15) is 9.50 Å². The molecule has 0 aliphatic heterocycles. The van der Waals surface area contributed by atoms with E-state index in [1.807, 2.05) is 0 Å². The second-order valence-electron chi connectivity index (χ2n) is 4.23. The Morgan fingerprint density at radius 3 is 2.55 bits per heavy atom. The van der Waals surface area contributed by atoms with E-state index in [0.29, 0.717) is 29.2 Å². The van der Waals surface area contributed by atoms with Crippen LogP contribution < -0.4 is 5.32 Å². The maximum absolute atomic E-state index is 13.6. The van der Waals surface area contributed by atoms with Crippen LogP contribution in [0.25, 0.3) is 0 Å². The summed E-state index contributed by atoms with van der Waals surface area (Å²) >= 11 is 15.0. The van der Waals surface area contributed by atoms with E-state index in [-0.39, 0.29) is 16.6 Å². The summed E-state index contributed by atoms with van der Waals surface area (Å²) in [6.07, 6.45) is 0. The zero-order chi connectivity index (χ0) is 14.7. The predicted molar refractivity (Wildman–Crippen MR) is 82.8 cm³/mol. The highest BCUT2D eigenvalue weighted by Gasteiger charge is 2.08. The second-order valence-corrected chi connectivity index (χ2v) is 5.99. The van der Waals surface area contributed by atoms with E-state index < -0.39 is 0 Å². The number of aromatic hydroxyl groups is 1. The number of hydrogen-bond donors (Lipinski definition) is 2. The Morgan fingerprint density at radius 2 is 1.80 bits per heavy atom. The molecule has 2 N–H and O–H groups in total. The lowest BCUT2D eigenvalue weighted by Crippen LogP contribution is -2.14. The third-order valence-corrected chi connectivity index (χ3v) is 3.75. The van der Waals surface area contributed by atoms with Gasteiger partial charge in [0.1, 0.15) is 11.6 Å². The summed E-state index contributed by atoms with van der Waals surface area (Å²) < 4.78 is 14.4. The SMILES string of the molecule is Oc1c(Cl)cc(Cl)cc1CNCc1cc(Br)ccc1F. The number of rotatable bonds is 4. The Balaban J connectivity index is 2.05. The number of halogens is 4. The van der Waals surface area contributed by atoms with Gasteiger partial charge in [-0.1, -0.05) is 39.1 Å². The van der Waals surface area contributed by atoms with Crippen molar-refractivity contribution >= 4 is 39.1 Å². The van der Waals surface area contributed by atoms with Crippen molar-refractivity contribution in [3.05, 3.63) is 61.8 Å². The zero-order valence-electron chi connectivity index (χ0n) is 10.3. The summed E-state index contributed by atoms with van der Waals surface area (Å²) in [5.74, 6) is -0.299. The van der Waals surface area contributed by atoms with Crippen LogP contribution in [0.2, 0.25) is 10.0 Å². The van der Waals surface area contributed by atoms with Crippen LogP contribution in [0, 0.1) is 5.82 Å².